The molecule has 1 aromatic carbocycles. The van der Waals surface area contributed by atoms with Gasteiger partial charge < -0.3 is 10.2 Å². The number of carbonyl (C=O) groups is 1. The lowest BCUT2D eigenvalue weighted by molar-refractivity contribution is -0.121. The minimum atomic E-state index is 0.132. The predicted octanol–water partition coefficient (Wildman–Crippen LogP) is 2.93. The number of amides is 1. The van der Waals surface area contributed by atoms with E-state index in [1.807, 2.05) is 26.2 Å². The van der Waals surface area contributed by atoms with E-state index >= 15 is 0 Å². The molecule has 0 unspecified atom stereocenters. The van der Waals surface area contributed by atoms with Crippen molar-refractivity contribution < 1.29 is 4.79 Å². The number of halogens is 1. The molecule has 0 heterocycles. The second-order valence-electron chi connectivity index (χ2n) is 4.48. The van der Waals surface area contributed by atoms with Crippen molar-refractivity contribution in [1.29, 1.82) is 0 Å². The number of unbranched alkanes of at least 4 members (excludes halogenated alkanes) is 1. The van der Waals surface area contributed by atoms with Gasteiger partial charge in [-0.25, -0.2) is 0 Å². The first-order chi connectivity index (χ1) is 8.63. The number of anilines is 1. The normalized spacial score (nSPS) is 10.2. The minimum absolute atomic E-state index is 0.132. The Bertz CT molecular complexity index is 363. The molecule has 0 saturated carbocycles. The SMILES string of the molecule is CN(C)c1ccc(CNC(=O)CCCCBr)cc1. The van der Waals surface area contributed by atoms with Crippen LogP contribution in [0.3, 0.4) is 0 Å². The highest BCUT2D eigenvalue weighted by Crippen LogP contribution is 2.12. The lowest BCUT2D eigenvalue weighted by Gasteiger charge is -2.12. The number of hydrogen-bond donors (Lipinski definition) is 1. The van der Waals surface area contributed by atoms with Gasteiger partial charge in [0.25, 0.3) is 0 Å². The first-order valence-corrected chi connectivity index (χ1v) is 7.34. The Morgan fingerprint density at radius 2 is 1.89 bits per heavy atom. The summed E-state index contributed by atoms with van der Waals surface area (Å²) in [6.07, 6.45) is 2.60. The van der Waals surface area contributed by atoms with Crippen LogP contribution in [0.25, 0.3) is 0 Å². The van der Waals surface area contributed by atoms with Gasteiger partial charge >= 0.3 is 0 Å². The van der Waals surface area contributed by atoms with Crippen LogP contribution >= 0.6 is 15.9 Å². The van der Waals surface area contributed by atoms with Crippen molar-refractivity contribution in [2.75, 3.05) is 24.3 Å². The molecule has 0 aliphatic carbocycles. The number of hydrogen-bond acceptors (Lipinski definition) is 2. The molecule has 100 valence electrons. The van der Waals surface area contributed by atoms with Crippen LogP contribution in [-0.2, 0) is 11.3 Å². The molecule has 1 amide bonds. The van der Waals surface area contributed by atoms with Crippen LogP contribution in [-0.4, -0.2) is 25.3 Å². The van der Waals surface area contributed by atoms with Gasteiger partial charge in [0, 0.05) is 38.1 Å². The van der Waals surface area contributed by atoms with Crippen LogP contribution < -0.4 is 10.2 Å². The average Bonchev–Trinajstić information content (AvgIpc) is 2.37. The van der Waals surface area contributed by atoms with Gasteiger partial charge in [0.2, 0.25) is 5.91 Å². The number of benzene rings is 1. The quantitative estimate of drug-likeness (QED) is 0.620. The van der Waals surface area contributed by atoms with Gasteiger partial charge in [-0.05, 0) is 30.5 Å². The summed E-state index contributed by atoms with van der Waals surface area (Å²) in [7, 11) is 4.03. The third kappa shape index (κ3) is 5.54. The Morgan fingerprint density at radius 3 is 2.44 bits per heavy atom. The van der Waals surface area contributed by atoms with E-state index < -0.39 is 0 Å². The number of nitrogens with one attached hydrogen (secondary N) is 1. The molecular formula is C14H21BrN2O. The van der Waals surface area contributed by atoms with Crippen LogP contribution in [0.2, 0.25) is 0 Å². The highest BCUT2D eigenvalue weighted by Gasteiger charge is 2.01. The standard InChI is InChI=1S/C14H21BrN2O/c1-17(2)13-8-6-12(7-9-13)11-16-14(18)5-3-4-10-15/h6-9H,3-5,10-11H2,1-2H3,(H,16,18). The van der Waals surface area contributed by atoms with Crippen molar-refractivity contribution in [3.8, 4) is 0 Å². The first kappa shape index (κ1) is 15.0. The summed E-state index contributed by atoms with van der Waals surface area (Å²) in [4.78, 5) is 13.6. The minimum Gasteiger partial charge on any atom is -0.378 e. The summed E-state index contributed by atoms with van der Waals surface area (Å²) in [6, 6.07) is 8.22. The van der Waals surface area contributed by atoms with Crippen molar-refractivity contribution in [2.24, 2.45) is 0 Å². The predicted molar refractivity (Wildman–Crippen MR) is 80.3 cm³/mol. The van der Waals surface area contributed by atoms with E-state index in [2.05, 4.69) is 38.3 Å². The van der Waals surface area contributed by atoms with E-state index in [4.69, 9.17) is 0 Å². The number of rotatable bonds is 7. The van der Waals surface area contributed by atoms with Gasteiger partial charge in [-0.3, -0.25) is 4.79 Å². The van der Waals surface area contributed by atoms with E-state index in [-0.39, 0.29) is 5.91 Å². The molecule has 1 rings (SSSR count). The lowest BCUT2D eigenvalue weighted by Crippen LogP contribution is -2.22. The summed E-state index contributed by atoms with van der Waals surface area (Å²) in [5, 5.41) is 3.90. The van der Waals surface area contributed by atoms with Gasteiger partial charge in [0.1, 0.15) is 0 Å². The molecule has 1 aromatic rings. The Kier molecular flexibility index (Phi) is 6.80. The van der Waals surface area contributed by atoms with Crippen LogP contribution in [0.1, 0.15) is 24.8 Å². The summed E-state index contributed by atoms with van der Waals surface area (Å²) in [5.41, 5.74) is 2.30. The first-order valence-electron chi connectivity index (χ1n) is 6.22. The molecule has 18 heavy (non-hydrogen) atoms. The van der Waals surface area contributed by atoms with E-state index in [9.17, 15) is 4.79 Å². The molecule has 0 aromatic heterocycles. The number of carbonyl (C=O) groups excluding carboxylic acids is 1. The second kappa shape index (κ2) is 8.14. The molecule has 0 spiro atoms. The Balaban J connectivity index is 2.32. The summed E-state index contributed by atoms with van der Waals surface area (Å²) >= 11 is 3.36. The van der Waals surface area contributed by atoms with E-state index in [0.29, 0.717) is 13.0 Å². The highest BCUT2D eigenvalue weighted by atomic mass is 79.9. The highest BCUT2D eigenvalue weighted by molar-refractivity contribution is 9.09. The molecule has 0 radical (unpaired) electrons. The van der Waals surface area contributed by atoms with Crippen molar-refractivity contribution in [2.45, 2.75) is 25.8 Å². The largest absolute Gasteiger partial charge is 0.378 e. The molecule has 3 nitrogen and oxygen atoms in total. The zero-order chi connectivity index (χ0) is 13.4. The molecule has 0 atom stereocenters. The zero-order valence-corrected chi connectivity index (χ0v) is 12.7. The van der Waals surface area contributed by atoms with Gasteiger partial charge in [-0.1, -0.05) is 28.1 Å². The summed E-state index contributed by atoms with van der Waals surface area (Å²) in [5.74, 6) is 0.132. The second-order valence-corrected chi connectivity index (χ2v) is 5.28. The smallest absolute Gasteiger partial charge is 0.220 e. The van der Waals surface area contributed by atoms with Crippen LogP contribution in [0, 0.1) is 0 Å². The molecule has 1 N–H and O–H groups in total. The van der Waals surface area contributed by atoms with Crippen molar-refractivity contribution in [3.63, 3.8) is 0 Å². The monoisotopic (exact) mass is 312 g/mol. The number of alkyl halides is 1. The Labute approximate surface area is 118 Å². The van der Waals surface area contributed by atoms with Crippen molar-refractivity contribution >= 4 is 27.5 Å². The van der Waals surface area contributed by atoms with Gasteiger partial charge in [0.15, 0.2) is 0 Å². The summed E-state index contributed by atoms with van der Waals surface area (Å²) in [6.45, 7) is 0.612. The number of nitrogens with zero attached hydrogens (tertiary/aromatic N) is 1. The third-order valence-electron chi connectivity index (χ3n) is 2.73. The topological polar surface area (TPSA) is 32.3 Å². The van der Waals surface area contributed by atoms with Gasteiger partial charge in [0.05, 0.1) is 0 Å². The molecule has 0 fully saturated rings. The van der Waals surface area contributed by atoms with E-state index in [1.54, 1.807) is 0 Å². The zero-order valence-electron chi connectivity index (χ0n) is 11.1. The van der Waals surface area contributed by atoms with Crippen LogP contribution in [0.15, 0.2) is 24.3 Å². The molecule has 0 aliphatic heterocycles. The van der Waals surface area contributed by atoms with Crippen LogP contribution in [0.5, 0.6) is 0 Å². The fourth-order valence-corrected chi connectivity index (χ4v) is 1.98. The average molecular weight is 313 g/mol. The van der Waals surface area contributed by atoms with Crippen molar-refractivity contribution in [3.05, 3.63) is 29.8 Å². The molecule has 0 aliphatic rings. The lowest BCUT2D eigenvalue weighted by atomic mass is 10.2. The van der Waals surface area contributed by atoms with Gasteiger partial charge in [-0.15, -0.1) is 0 Å². The maximum absolute atomic E-state index is 11.5. The summed E-state index contributed by atoms with van der Waals surface area (Å²) < 4.78 is 0. The maximum atomic E-state index is 11.5. The fourth-order valence-electron chi connectivity index (χ4n) is 1.58. The molecular weight excluding hydrogens is 292 g/mol. The molecule has 4 heteroatoms. The maximum Gasteiger partial charge on any atom is 0.220 e. The van der Waals surface area contributed by atoms with Crippen LogP contribution in [0.4, 0.5) is 5.69 Å². The Morgan fingerprint density at radius 1 is 1.22 bits per heavy atom. The molecule has 0 saturated heterocycles. The van der Waals surface area contributed by atoms with Crippen molar-refractivity contribution in [1.82, 2.24) is 5.32 Å². The van der Waals surface area contributed by atoms with Gasteiger partial charge in [-0.2, -0.15) is 0 Å². The Hall–Kier alpha value is -1.03. The fraction of sp³-hybridized carbons (Fsp3) is 0.500. The molecule has 0 bridgehead atoms. The van der Waals surface area contributed by atoms with E-state index in [0.717, 1.165) is 23.7 Å². The van der Waals surface area contributed by atoms with E-state index in [1.165, 1.54) is 5.69 Å². The third-order valence-corrected chi connectivity index (χ3v) is 3.29.